The van der Waals surface area contributed by atoms with Gasteiger partial charge in [0.15, 0.2) is 0 Å². The van der Waals surface area contributed by atoms with Gasteiger partial charge in [-0.3, -0.25) is 4.79 Å². The molecule has 1 aromatic carbocycles. The molecule has 106 valence electrons. The van der Waals surface area contributed by atoms with Gasteiger partial charge in [0.1, 0.15) is 12.4 Å². The fourth-order valence-electron chi connectivity index (χ4n) is 1.58. The monoisotopic (exact) mass is 341 g/mol. The molecule has 0 aliphatic carbocycles. The molecule has 0 fully saturated rings. The molecule has 0 unspecified atom stereocenters. The van der Waals surface area contributed by atoms with E-state index in [1.54, 1.807) is 6.92 Å². The second-order valence-corrected chi connectivity index (χ2v) is 4.74. The van der Waals surface area contributed by atoms with Gasteiger partial charge in [-0.15, -0.1) is 0 Å². The van der Waals surface area contributed by atoms with Crippen LogP contribution in [0.2, 0.25) is 0 Å². The summed E-state index contributed by atoms with van der Waals surface area (Å²) in [4.78, 5) is 12.7. The van der Waals surface area contributed by atoms with E-state index in [0.717, 1.165) is 6.07 Å². The summed E-state index contributed by atoms with van der Waals surface area (Å²) < 4.78 is 50.4. The second kappa shape index (κ2) is 6.36. The van der Waals surface area contributed by atoms with E-state index in [9.17, 15) is 22.4 Å². The van der Waals surface area contributed by atoms with Crippen molar-refractivity contribution in [3.8, 4) is 0 Å². The number of hydrogen-bond donors (Lipinski definition) is 0. The maximum absolute atomic E-state index is 13.3. The van der Waals surface area contributed by atoms with E-state index >= 15 is 0 Å². The molecule has 19 heavy (non-hydrogen) atoms. The van der Waals surface area contributed by atoms with Crippen molar-refractivity contribution in [1.82, 2.24) is 4.90 Å². The summed E-state index contributed by atoms with van der Waals surface area (Å²) in [5.41, 5.74) is -0.113. The summed E-state index contributed by atoms with van der Waals surface area (Å²) in [6.45, 7) is 0.279. The van der Waals surface area contributed by atoms with Gasteiger partial charge < -0.3 is 4.90 Å². The van der Waals surface area contributed by atoms with Gasteiger partial charge in [-0.2, -0.15) is 13.2 Å². The molecular formula is C12H12BrF4NO. The topological polar surface area (TPSA) is 20.3 Å². The van der Waals surface area contributed by atoms with Crippen LogP contribution in [-0.2, 0) is 0 Å². The Morgan fingerprint density at radius 2 is 2.00 bits per heavy atom. The summed E-state index contributed by atoms with van der Waals surface area (Å²) in [6.07, 6.45) is -4.10. The van der Waals surface area contributed by atoms with Crippen molar-refractivity contribution in [1.29, 1.82) is 0 Å². The molecule has 0 bridgehead atoms. The molecule has 0 saturated heterocycles. The molecule has 0 heterocycles. The predicted octanol–water partition coefficient (Wildman–Crippen LogP) is 4.00. The lowest BCUT2D eigenvalue weighted by molar-refractivity contribution is -0.140. The van der Waals surface area contributed by atoms with Crippen molar-refractivity contribution >= 4 is 21.8 Å². The van der Waals surface area contributed by atoms with Crippen molar-refractivity contribution in [2.75, 3.05) is 13.1 Å². The molecule has 0 saturated carbocycles. The Labute approximate surface area is 116 Å². The van der Waals surface area contributed by atoms with E-state index < -0.39 is 24.4 Å². The first-order valence-electron chi connectivity index (χ1n) is 5.56. The van der Waals surface area contributed by atoms with Crippen LogP contribution in [0.15, 0.2) is 22.7 Å². The van der Waals surface area contributed by atoms with Gasteiger partial charge in [0.05, 0.1) is 10.0 Å². The van der Waals surface area contributed by atoms with Gasteiger partial charge >= 0.3 is 6.18 Å². The quantitative estimate of drug-likeness (QED) is 0.758. The highest BCUT2D eigenvalue weighted by Gasteiger charge is 2.33. The molecule has 1 aromatic rings. The van der Waals surface area contributed by atoms with Crippen molar-refractivity contribution < 1.29 is 22.4 Å². The van der Waals surface area contributed by atoms with Crippen molar-refractivity contribution in [3.63, 3.8) is 0 Å². The molecule has 0 aliphatic rings. The van der Waals surface area contributed by atoms with Crippen molar-refractivity contribution in [2.24, 2.45) is 0 Å². The van der Waals surface area contributed by atoms with Gasteiger partial charge in [-0.1, -0.05) is 13.0 Å². The van der Waals surface area contributed by atoms with Crippen LogP contribution >= 0.6 is 15.9 Å². The van der Waals surface area contributed by atoms with Crippen molar-refractivity contribution in [2.45, 2.75) is 19.5 Å². The highest BCUT2D eigenvalue weighted by molar-refractivity contribution is 9.10. The minimum atomic E-state index is -4.48. The zero-order valence-electron chi connectivity index (χ0n) is 10.1. The SMILES string of the molecule is CCCN(CC(F)(F)F)C(=O)c1cccc(F)c1Br. The summed E-state index contributed by atoms with van der Waals surface area (Å²) in [5.74, 6) is -1.53. The van der Waals surface area contributed by atoms with Crippen LogP contribution in [0.1, 0.15) is 23.7 Å². The molecule has 0 aliphatic heterocycles. The van der Waals surface area contributed by atoms with Crippen LogP contribution in [0.25, 0.3) is 0 Å². The number of hydrogen-bond acceptors (Lipinski definition) is 1. The van der Waals surface area contributed by atoms with E-state index in [0.29, 0.717) is 11.3 Å². The minimum Gasteiger partial charge on any atom is -0.330 e. The highest BCUT2D eigenvalue weighted by Crippen LogP contribution is 2.24. The molecule has 0 aromatic heterocycles. The zero-order chi connectivity index (χ0) is 14.6. The predicted molar refractivity (Wildman–Crippen MR) is 66.3 cm³/mol. The lowest BCUT2D eigenvalue weighted by Gasteiger charge is -2.24. The van der Waals surface area contributed by atoms with Crippen LogP contribution in [0, 0.1) is 5.82 Å². The van der Waals surface area contributed by atoms with E-state index in [1.165, 1.54) is 12.1 Å². The molecule has 0 radical (unpaired) electrons. The fraction of sp³-hybridized carbons (Fsp3) is 0.417. The molecule has 2 nitrogen and oxygen atoms in total. The van der Waals surface area contributed by atoms with Gasteiger partial charge in [-0.25, -0.2) is 4.39 Å². The van der Waals surface area contributed by atoms with Crippen LogP contribution in [0.3, 0.4) is 0 Å². The lowest BCUT2D eigenvalue weighted by atomic mass is 10.2. The minimum absolute atomic E-state index is 0.0404. The van der Waals surface area contributed by atoms with Crippen LogP contribution in [-0.4, -0.2) is 30.1 Å². The second-order valence-electron chi connectivity index (χ2n) is 3.94. The molecule has 0 spiro atoms. The first-order valence-corrected chi connectivity index (χ1v) is 6.35. The summed E-state index contributed by atoms with van der Waals surface area (Å²) in [6, 6.07) is 3.69. The van der Waals surface area contributed by atoms with E-state index in [1.807, 2.05) is 0 Å². The van der Waals surface area contributed by atoms with Crippen LogP contribution < -0.4 is 0 Å². The van der Waals surface area contributed by atoms with Gasteiger partial charge in [0.25, 0.3) is 5.91 Å². The number of nitrogens with zero attached hydrogens (tertiary/aromatic N) is 1. The smallest absolute Gasteiger partial charge is 0.330 e. The first-order chi connectivity index (χ1) is 8.76. The van der Waals surface area contributed by atoms with E-state index in [-0.39, 0.29) is 16.6 Å². The average Bonchev–Trinajstić information content (AvgIpc) is 2.30. The number of alkyl halides is 3. The average molecular weight is 342 g/mol. The largest absolute Gasteiger partial charge is 0.406 e. The number of carbonyl (C=O) groups is 1. The van der Waals surface area contributed by atoms with Gasteiger partial charge in [0.2, 0.25) is 0 Å². The third-order valence-corrected chi connectivity index (χ3v) is 3.14. The van der Waals surface area contributed by atoms with Crippen LogP contribution in [0.4, 0.5) is 17.6 Å². The number of rotatable bonds is 4. The Morgan fingerprint density at radius 3 is 2.53 bits per heavy atom. The number of benzene rings is 1. The fourth-order valence-corrected chi connectivity index (χ4v) is 2.01. The number of carbonyl (C=O) groups excluding carboxylic acids is 1. The molecule has 7 heteroatoms. The first kappa shape index (κ1) is 15.9. The maximum Gasteiger partial charge on any atom is 0.406 e. The molecule has 0 N–H and O–H groups in total. The van der Waals surface area contributed by atoms with Crippen LogP contribution in [0.5, 0.6) is 0 Å². The summed E-state index contributed by atoms with van der Waals surface area (Å²) in [7, 11) is 0. The molecule has 1 rings (SSSR count). The Balaban J connectivity index is 3.02. The normalized spacial score (nSPS) is 11.5. The summed E-state index contributed by atoms with van der Waals surface area (Å²) in [5, 5.41) is 0. The standard InChI is InChI=1S/C12H12BrF4NO/c1-2-6-18(7-12(15,16)17)11(19)8-4-3-5-9(14)10(8)13/h3-5H,2,6-7H2,1H3. The maximum atomic E-state index is 13.3. The molecule has 0 atom stereocenters. The Kier molecular flexibility index (Phi) is 5.34. The van der Waals surface area contributed by atoms with Gasteiger partial charge in [0, 0.05) is 6.54 Å². The Hall–Kier alpha value is -1.11. The number of halogens is 5. The lowest BCUT2D eigenvalue weighted by Crippen LogP contribution is -2.39. The highest BCUT2D eigenvalue weighted by atomic mass is 79.9. The zero-order valence-corrected chi connectivity index (χ0v) is 11.7. The molecular weight excluding hydrogens is 330 g/mol. The van der Waals surface area contributed by atoms with Crippen molar-refractivity contribution in [3.05, 3.63) is 34.1 Å². The Bertz CT molecular complexity index is 462. The molecule has 1 amide bonds. The third kappa shape index (κ3) is 4.49. The van der Waals surface area contributed by atoms with E-state index in [4.69, 9.17) is 0 Å². The van der Waals surface area contributed by atoms with E-state index in [2.05, 4.69) is 15.9 Å². The Morgan fingerprint density at radius 1 is 1.37 bits per heavy atom. The number of amides is 1. The third-order valence-electron chi connectivity index (χ3n) is 2.33. The summed E-state index contributed by atoms with van der Waals surface area (Å²) >= 11 is 2.88. The van der Waals surface area contributed by atoms with Gasteiger partial charge in [-0.05, 0) is 34.5 Å².